The number of rotatable bonds is 6. The predicted octanol–water partition coefficient (Wildman–Crippen LogP) is 0.508. The van der Waals surface area contributed by atoms with Crippen molar-refractivity contribution in [2.45, 2.75) is 6.10 Å². The second-order valence-corrected chi connectivity index (χ2v) is 3.48. The lowest BCUT2D eigenvalue weighted by atomic mass is 10.2. The van der Waals surface area contributed by atoms with Gasteiger partial charge in [0.1, 0.15) is 0 Å². The third-order valence-corrected chi connectivity index (χ3v) is 2.20. The summed E-state index contributed by atoms with van der Waals surface area (Å²) >= 11 is 0. The molecule has 0 saturated carbocycles. The Kier molecular flexibility index (Phi) is 4.81. The number of aliphatic hydroxyl groups excluding tert-OH is 2. The molecule has 0 amide bonds. The first-order valence-corrected chi connectivity index (χ1v) is 5.04. The minimum atomic E-state index is -1.05. The van der Waals surface area contributed by atoms with E-state index in [0.717, 1.165) is 12.1 Å². The number of nitro groups is 1. The topological polar surface area (TPSA) is 105 Å². The van der Waals surface area contributed by atoms with E-state index in [0.29, 0.717) is 0 Å². The summed E-state index contributed by atoms with van der Waals surface area (Å²) in [5, 5.41) is 30.8. The van der Waals surface area contributed by atoms with Crippen LogP contribution in [0.15, 0.2) is 12.1 Å². The largest absolute Gasteiger partial charge is 0.490 e. The maximum absolute atomic E-state index is 13.5. The molecule has 1 rings (SSSR count). The standard InChI is InChI=1S/C10H13FN2O5/c1-18-10-3-8(12-4-6(15)5-14)7(11)2-9(10)13(16)17/h2-3,6,12,14-15H,4-5H2,1H3. The van der Waals surface area contributed by atoms with Crippen molar-refractivity contribution in [3.05, 3.63) is 28.1 Å². The number of methoxy groups -OCH3 is 1. The molecule has 8 heteroatoms. The lowest BCUT2D eigenvalue weighted by Gasteiger charge is -2.12. The number of nitro benzene ring substituents is 1. The molecular formula is C10H13FN2O5. The van der Waals surface area contributed by atoms with E-state index in [4.69, 9.17) is 14.9 Å². The van der Waals surface area contributed by atoms with Crippen molar-refractivity contribution in [1.29, 1.82) is 0 Å². The van der Waals surface area contributed by atoms with Crippen LogP contribution in [0.4, 0.5) is 15.8 Å². The molecule has 3 N–H and O–H groups in total. The molecule has 0 fully saturated rings. The molecule has 0 aliphatic rings. The van der Waals surface area contributed by atoms with Crippen LogP contribution in [-0.4, -0.2) is 41.5 Å². The van der Waals surface area contributed by atoms with Crippen LogP contribution in [0, 0.1) is 15.9 Å². The second kappa shape index (κ2) is 6.12. The van der Waals surface area contributed by atoms with Crippen LogP contribution < -0.4 is 10.1 Å². The Morgan fingerprint density at radius 1 is 1.61 bits per heavy atom. The van der Waals surface area contributed by atoms with Gasteiger partial charge in [0.05, 0.1) is 36.5 Å². The Hall–Kier alpha value is -1.93. The number of hydrogen-bond acceptors (Lipinski definition) is 6. The fraction of sp³-hybridized carbons (Fsp3) is 0.400. The Morgan fingerprint density at radius 3 is 2.78 bits per heavy atom. The first-order valence-electron chi connectivity index (χ1n) is 5.04. The van der Waals surface area contributed by atoms with Gasteiger partial charge >= 0.3 is 5.69 Å². The van der Waals surface area contributed by atoms with Crippen LogP contribution >= 0.6 is 0 Å². The Labute approximate surface area is 102 Å². The van der Waals surface area contributed by atoms with Crippen molar-refractivity contribution in [1.82, 2.24) is 0 Å². The first kappa shape index (κ1) is 14.1. The third-order valence-electron chi connectivity index (χ3n) is 2.20. The Morgan fingerprint density at radius 2 is 2.28 bits per heavy atom. The molecule has 1 aromatic carbocycles. The highest BCUT2D eigenvalue weighted by atomic mass is 19.1. The molecule has 100 valence electrons. The summed E-state index contributed by atoms with van der Waals surface area (Å²) < 4.78 is 18.3. The zero-order chi connectivity index (χ0) is 13.7. The van der Waals surface area contributed by atoms with Gasteiger partial charge in [-0.1, -0.05) is 0 Å². The number of ether oxygens (including phenoxy) is 1. The van der Waals surface area contributed by atoms with E-state index in [1.807, 2.05) is 0 Å². The van der Waals surface area contributed by atoms with Crippen LogP contribution in [0.3, 0.4) is 0 Å². The summed E-state index contributed by atoms with van der Waals surface area (Å²) in [6, 6.07) is 1.85. The van der Waals surface area contributed by atoms with Crippen molar-refractivity contribution in [2.24, 2.45) is 0 Å². The van der Waals surface area contributed by atoms with Crippen molar-refractivity contribution in [3.63, 3.8) is 0 Å². The minimum absolute atomic E-state index is 0.0510. The lowest BCUT2D eigenvalue weighted by Crippen LogP contribution is -2.23. The van der Waals surface area contributed by atoms with Gasteiger partial charge in [0, 0.05) is 12.6 Å². The summed E-state index contributed by atoms with van der Waals surface area (Å²) in [5.74, 6) is -0.935. The van der Waals surface area contributed by atoms with E-state index in [9.17, 15) is 14.5 Å². The SMILES string of the molecule is COc1cc(NCC(O)CO)c(F)cc1[N+](=O)[O-]. The van der Waals surface area contributed by atoms with Gasteiger partial charge in [-0.25, -0.2) is 4.39 Å². The molecule has 0 saturated heterocycles. The van der Waals surface area contributed by atoms with E-state index < -0.39 is 29.1 Å². The molecular weight excluding hydrogens is 247 g/mol. The van der Waals surface area contributed by atoms with Crippen LogP contribution in [0.2, 0.25) is 0 Å². The first-order chi connectivity index (χ1) is 8.49. The Balaban J connectivity index is 2.97. The summed E-state index contributed by atoms with van der Waals surface area (Å²) in [6.07, 6.45) is -1.05. The van der Waals surface area contributed by atoms with Crippen molar-refractivity contribution in [2.75, 3.05) is 25.6 Å². The molecule has 18 heavy (non-hydrogen) atoms. The highest BCUT2D eigenvalue weighted by molar-refractivity contribution is 5.59. The van der Waals surface area contributed by atoms with Gasteiger partial charge < -0.3 is 20.3 Å². The van der Waals surface area contributed by atoms with Gasteiger partial charge in [-0.2, -0.15) is 0 Å². The zero-order valence-corrected chi connectivity index (χ0v) is 9.59. The molecule has 0 spiro atoms. The summed E-state index contributed by atoms with van der Waals surface area (Å²) in [6.45, 7) is -0.562. The van der Waals surface area contributed by atoms with E-state index in [2.05, 4.69) is 5.32 Å². The normalized spacial score (nSPS) is 12.0. The number of aliphatic hydroxyl groups is 2. The highest BCUT2D eigenvalue weighted by Crippen LogP contribution is 2.32. The summed E-state index contributed by atoms with van der Waals surface area (Å²) in [5.41, 5.74) is -0.534. The van der Waals surface area contributed by atoms with E-state index >= 15 is 0 Å². The smallest absolute Gasteiger partial charge is 0.313 e. The fourth-order valence-electron chi connectivity index (χ4n) is 1.28. The van der Waals surface area contributed by atoms with E-state index in [-0.39, 0.29) is 18.0 Å². The molecule has 0 aliphatic heterocycles. The Bertz CT molecular complexity index is 441. The predicted molar refractivity (Wildman–Crippen MR) is 61.2 cm³/mol. The average molecular weight is 260 g/mol. The van der Waals surface area contributed by atoms with Gasteiger partial charge in [0.15, 0.2) is 11.6 Å². The summed E-state index contributed by atoms with van der Waals surface area (Å²) in [4.78, 5) is 9.87. The molecule has 1 atom stereocenters. The van der Waals surface area contributed by atoms with Crippen molar-refractivity contribution >= 4 is 11.4 Å². The quantitative estimate of drug-likeness (QED) is 0.508. The molecule has 1 aromatic rings. The monoisotopic (exact) mass is 260 g/mol. The molecule has 0 radical (unpaired) electrons. The summed E-state index contributed by atoms with van der Waals surface area (Å²) in [7, 11) is 1.23. The number of benzene rings is 1. The minimum Gasteiger partial charge on any atom is -0.490 e. The van der Waals surface area contributed by atoms with Gasteiger partial charge in [-0.15, -0.1) is 0 Å². The molecule has 0 aromatic heterocycles. The van der Waals surface area contributed by atoms with Crippen LogP contribution in [0.5, 0.6) is 5.75 Å². The maximum atomic E-state index is 13.5. The van der Waals surface area contributed by atoms with Gasteiger partial charge in [-0.05, 0) is 0 Å². The molecule has 0 bridgehead atoms. The number of hydrogen-bond donors (Lipinski definition) is 3. The zero-order valence-electron chi connectivity index (χ0n) is 9.59. The second-order valence-electron chi connectivity index (χ2n) is 3.48. The van der Waals surface area contributed by atoms with Gasteiger partial charge in [0.2, 0.25) is 0 Å². The molecule has 0 aliphatic carbocycles. The average Bonchev–Trinajstić information content (AvgIpc) is 2.36. The lowest BCUT2D eigenvalue weighted by molar-refractivity contribution is -0.385. The van der Waals surface area contributed by atoms with Crippen LogP contribution in [0.25, 0.3) is 0 Å². The van der Waals surface area contributed by atoms with E-state index in [1.54, 1.807) is 0 Å². The number of halogens is 1. The maximum Gasteiger partial charge on any atom is 0.313 e. The van der Waals surface area contributed by atoms with Crippen molar-refractivity contribution < 1.29 is 24.3 Å². The highest BCUT2D eigenvalue weighted by Gasteiger charge is 2.19. The number of anilines is 1. The van der Waals surface area contributed by atoms with Gasteiger partial charge in [-0.3, -0.25) is 10.1 Å². The number of nitrogens with one attached hydrogen (secondary N) is 1. The molecule has 7 nitrogen and oxygen atoms in total. The van der Waals surface area contributed by atoms with Crippen LogP contribution in [-0.2, 0) is 0 Å². The molecule has 1 unspecified atom stereocenters. The third kappa shape index (κ3) is 3.28. The van der Waals surface area contributed by atoms with E-state index in [1.165, 1.54) is 7.11 Å². The fourth-order valence-corrected chi connectivity index (χ4v) is 1.28. The van der Waals surface area contributed by atoms with Crippen molar-refractivity contribution in [3.8, 4) is 5.75 Å². The van der Waals surface area contributed by atoms with Gasteiger partial charge in [0.25, 0.3) is 0 Å². The van der Waals surface area contributed by atoms with Crippen LogP contribution in [0.1, 0.15) is 0 Å². The molecule has 0 heterocycles. The number of nitrogens with zero attached hydrogens (tertiary/aromatic N) is 1.